The van der Waals surface area contributed by atoms with E-state index in [4.69, 9.17) is 16.3 Å². The summed E-state index contributed by atoms with van der Waals surface area (Å²) in [7, 11) is 0. The van der Waals surface area contributed by atoms with Crippen LogP contribution in [0.3, 0.4) is 0 Å². The molecule has 0 fully saturated rings. The lowest BCUT2D eigenvalue weighted by molar-refractivity contribution is -0.126. The normalized spacial score (nSPS) is 18.1. The van der Waals surface area contributed by atoms with Crippen LogP contribution in [0.4, 0.5) is 0 Å². The Morgan fingerprint density at radius 3 is 3.04 bits per heavy atom. The summed E-state index contributed by atoms with van der Waals surface area (Å²) >= 11 is 7.61. The first-order chi connectivity index (χ1) is 13.0. The molecule has 3 heterocycles. The number of carbonyl (C=O) groups is 2. The summed E-state index contributed by atoms with van der Waals surface area (Å²) in [6, 6.07) is 7.24. The third kappa shape index (κ3) is 3.59. The number of nitrogens with zero attached hydrogens (tertiary/aromatic N) is 1. The average molecular weight is 403 g/mol. The summed E-state index contributed by atoms with van der Waals surface area (Å²) in [5.41, 5.74) is 1.95. The van der Waals surface area contributed by atoms with Crippen LogP contribution in [-0.2, 0) is 17.8 Å². The monoisotopic (exact) mass is 402 g/mol. The molecule has 0 aliphatic carbocycles. The smallest absolute Gasteiger partial charge is 0.261 e. The quantitative estimate of drug-likeness (QED) is 0.796. The first kappa shape index (κ1) is 18.1. The SMILES string of the molecule is C=CC(=O)N1CCc2sc(C(=O)NC3CCOc4ccc(Cl)cc43)cc2C1. The number of fused-ring (bicyclic) bond motifs is 2. The second-order valence-electron chi connectivity index (χ2n) is 6.62. The maximum absolute atomic E-state index is 12.8. The van der Waals surface area contributed by atoms with Gasteiger partial charge in [-0.25, -0.2) is 0 Å². The lowest BCUT2D eigenvalue weighted by atomic mass is 10.0. The van der Waals surface area contributed by atoms with E-state index in [-0.39, 0.29) is 17.9 Å². The minimum atomic E-state index is -0.127. The second-order valence-corrected chi connectivity index (χ2v) is 8.19. The molecule has 2 aliphatic rings. The van der Waals surface area contributed by atoms with Crippen molar-refractivity contribution in [2.75, 3.05) is 13.2 Å². The largest absolute Gasteiger partial charge is 0.493 e. The topological polar surface area (TPSA) is 58.6 Å². The number of nitrogens with one attached hydrogen (secondary N) is 1. The van der Waals surface area contributed by atoms with Crippen molar-refractivity contribution in [1.82, 2.24) is 10.2 Å². The third-order valence-corrected chi connectivity index (χ3v) is 6.36. The van der Waals surface area contributed by atoms with E-state index in [1.165, 1.54) is 22.3 Å². The Hall–Kier alpha value is -2.31. The summed E-state index contributed by atoms with van der Waals surface area (Å²) in [5.74, 6) is 0.586. The Balaban J connectivity index is 1.51. The van der Waals surface area contributed by atoms with Crippen LogP contribution >= 0.6 is 22.9 Å². The van der Waals surface area contributed by atoms with Gasteiger partial charge in [-0.1, -0.05) is 18.2 Å². The van der Waals surface area contributed by atoms with E-state index in [9.17, 15) is 9.59 Å². The molecule has 7 heteroatoms. The van der Waals surface area contributed by atoms with E-state index in [0.29, 0.717) is 36.0 Å². The highest BCUT2D eigenvalue weighted by atomic mass is 35.5. The number of amides is 2. The molecule has 0 spiro atoms. The fraction of sp³-hybridized carbons (Fsp3) is 0.300. The van der Waals surface area contributed by atoms with E-state index in [2.05, 4.69) is 11.9 Å². The Bertz CT molecular complexity index is 924. The molecule has 0 saturated heterocycles. The standard InChI is InChI=1S/C20H19ClN2O3S/c1-2-19(24)23-7-5-17-12(11-23)9-18(27-17)20(25)22-15-6-8-26-16-4-3-13(21)10-14(15)16/h2-4,9-10,15H,1,5-8,11H2,(H,22,25). The summed E-state index contributed by atoms with van der Waals surface area (Å²) in [6.07, 6.45) is 2.80. The van der Waals surface area contributed by atoms with Crippen LogP contribution in [-0.4, -0.2) is 29.9 Å². The number of carbonyl (C=O) groups excluding carboxylic acids is 2. The summed E-state index contributed by atoms with van der Waals surface area (Å²) < 4.78 is 5.65. The number of thiophene rings is 1. The summed E-state index contributed by atoms with van der Waals surface area (Å²) in [4.78, 5) is 28.2. The molecule has 0 bridgehead atoms. The average Bonchev–Trinajstić information content (AvgIpc) is 3.11. The zero-order valence-electron chi connectivity index (χ0n) is 14.7. The third-order valence-electron chi connectivity index (χ3n) is 4.89. The van der Waals surface area contributed by atoms with Crippen LogP contribution in [0.2, 0.25) is 5.02 Å². The van der Waals surface area contributed by atoms with Gasteiger partial charge in [0.15, 0.2) is 0 Å². The first-order valence-electron chi connectivity index (χ1n) is 8.81. The van der Waals surface area contributed by atoms with Gasteiger partial charge >= 0.3 is 0 Å². The minimum absolute atomic E-state index is 0.0754. The number of halogens is 1. The molecule has 140 valence electrons. The molecule has 0 radical (unpaired) electrons. The molecule has 1 unspecified atom stereocenters. The maximum atomic E-state index is 12.8. The van der Waals surface area contributed by atoms with E-state index >= 15 is 0 Å². The molecule has 2 aliphatic heterocycles. The molecular formula is C20H19ClN2O3S. The lowest BCUT2D eigenvalue weighted by Gasteiger charge is -2.26. The van der Waals surface area contributed by atoms with E-state index in [1.807, 2.05) is 18.2 Å². The Labute approximate surface area is 166 Å². The molecule has 1 N–H and O–H groups in total. The fourth-order valence-corrected chi connectivity index (χ4v) is 4.75. The Kier molecular flexibility index (Phi) is 4.93. The van der Waals surface area contributed by atoms with Crippen LogP contribution in [0.15, 0.2) is 36.9 Å². The molecule has 1 aromatic carbocycles. The highest BCUT2D eigenvalue weighted by Gasteiger charge is 2.27. The van der Waals surface area contributed by atoms with Gasteiger partial charge in [-0.2, -0.15) is 0 Å². The van der Waals surface area contributed by atoms with Gasteiger partial charge in [0.05, 0.1) is 17.5 Å². The van der Waals surface area contributed by atoms with Gasteiger partial charge in [-0.3, -0.25) is 9.59 Å². The molecule has 1 atom stereocenters. The molecular weight excluding hydrogens is 384 g/mol. The maximum Gasteiger partial charge on any atom is 0.261 e. The zero-order valence-corrected chi connectivity index (χ0v) is 16.2. The van der Waals surface area contributed by atoms with Gasteiger partial charge in [0, 0.05) is 35.0 Å². The van der Waals surface area contributed by atoms with Gasteiger partial charge < -0.3 is 15.0 Å². The van der Waals surface area contributed by atoms with Crippen molar-refractivity contribution >= 4 is 34.8 Å². The fourth-order valence-electron chi connectivity index (χ4n) is 3.51. The molecule has 1 aromatic heterocycles. The summed E-state index contributed by atoms with van der Waals surface area (Å²) in [5, 5.41) is 3.73. The van der Waals surface area contributed by atoms with Crippen molar-refractivity contribution in [2.24, 2.45) is 0 Å². The van der Waals surface area contributed by atoms with Crippen LogP contribution in [0, 0.1) is 0 Å². The second kappa shape index (κ2) is 7.37. The van der Waals surface area contributed by atoms with Crippen molar-refractivity contribution in [3.8, 4) is 5.75 Å². The van der Waals surface area contributed by atoms with Crippen LogP contribution in [0.25, 0.3) is 0 Å². The number of hydrogen-bond acceptors (Lipinski definition) is 4. The van der Waals surface area contributed by atoms with Crippen molar-refractivity contribution in [1.29, 1.82) is 0 Å². The van der Waals surface area contributed by atoms with Crippen LogP contribution in [0.1, 0.15) is 38.1 Å². The van der Waals surface area contributed by atoms with E-state index < -0.39 is 0 Å². The predicted octanol–water partition coefficient (Wildman–Crippen LogP) is 3.73. The van der Waals surface area contributed by atoms with Crippen molar-refractivity contribution in [3.05, 3.63) is 62.8 Å². The minimum Gasteiger partial charge on any atom is -0.493 e. The molecule has 4 rings (SSSR count). The molecule has 5 nitrogen and oxygen atoms in total. The van der Waals surface area contributed by atoms with Crippen molar-refractivity contribution in [2.45, 2.75) is 25.4 Å². The van der Waals surface area contributed by atoms with Crippen molar-refractivity contribution in [3.63, 3.8) is 0 Å². The number of ether oxygens (including phenoxy) is 1. The van der Waals surface area contributed by atoms with E-state index in [0.717, 1.165) is 23.3 Å². The molecule has 0 saturated carbocycles. The zero-order chi connectivity index (χ0) is 19.0. The van der Waals surface area contributed by atoms with Gasteiger partial charge in [0.1, 0.15) is 5.75 Å². The molecule has 2 aromatic rings. The Morgan fingerprint density at radius 1 is 1.37 bits per heavy atom. The lowest BCUT2D eigenvalue weighted by Crippen LogP contribution is -2.33. The predicted molar refractivity (Wildman–Crippen MR) is 105 cm³/mol. The van der Waals surface area contributed by atoms with Crippen molar-refractivity contribution < 1.29 is 14.3 Å². The van der Waals surface area contributed by atoms with Gasteiger partial charge in [-0.15, -0.1) is 11.3 Å². The van der Waals surface area contributed by atoms with Gasteiger partial charge in [-0.05, 0) is 42.3 Å². The van der Waals surface area contributed by atoms with Crippen LogP contribution in [0.5, 0.6) is 5.75 Å². The molecule has 27 heavy (non-hydrogen) atoms. The van der Waals surface area contributed by atoms with Crippen LogP contribution < -0.4 is 10.1 Å². The summed E-state index contributed by atoms with van der Waals surface area (Å²) in [6.45, 7) is 5.28. The van der Waals surface area contributed by atoms with E-state index in [1.54, 1.807) is 11.0 Å². The molecule has 2 amide bonds. The Morgan fingerprint density at radius 2 is 2.22 bits per heavy atom. The van der Waals surface area contributed by atoms with Gasteiger partial charge in [0.25, 0.3) is 5.91 Å². The number of benzene rings is 1. The van der Waals surface area contributed by atoms with Gasteiger partial charge in [0.2, 0.25) is 5.91 Å². The first-order valence-corrected chi connectivity index (χ1v) is 10.0. The number of rotatable bonds is 3. The highest BCUT2D eigenvalue weighted by Crippen LogP contribution is 2.35. The number of hydrogen-bond donors (Lipinski definition) is 1. The highest BCUT2D eigenvalue weighted by molar-refractivity contribution is 7.14.